The Morgan fingerprint density at radius 1 is 0.931 bits per heavy atom. The summed E-state index contributed by atoms with van der Waals surface area (Å²) in [5, 5.41) is 0. The van der Waals surface area contributed by atoms with Crippen LogP contribution in [0, 0.1) is 46.3 Å². The van der Waals surface area contributed by atoms with Crippen molar-refractivity contribution in [3.63, 3.8) is 0 Å². The summed E-state index contributed by atoms with van der Waals surface area (Å²) in [7, 11) is 0. The Balaban J connectivity index is 1.59. The van der Waals surface area contributed by atoms with E-state index in [2.05, 4.69) is 78.8 Å². The van der Waals surface area contributed by atoms with Crippen molar-refractivity contribution in [2.45, 2.75) is 87.0 Å². The van der Waals surface area contributed by atoms with Crippen molar-refractivity contribution in [1.29, 1.82) is 0 Å². The molecule has 0 aromatic carbocycles. The minimum Gasteiger partial charge on any atom is -0.0852 e. The summed E-state index contributed by atoms with van der Waals surface area (Å²) in [6.07, 6.45) is 20.9. The summed E-state index contributed by atoms with van der Waals surface area (Å²) in [5.74, 6) is 4.57. The van der Waals surface area contributed by atoms with Crippen LogP contribution < -0.4 is 0 Å². The fraction of sp³-hybridized carbons (Fsp3) is 0.724. The van der Waals surface area contributed by atoms with Crippen molar-refractivity contribution in [3.8, 4) is 0 Å². The summed E-state index contributed by atoms with van der Waals surface area (Å²) in [5.41, 5.74) is 5.90. The van der Waals surface area contributed by atoms with Gasteiger partial charge in [0.25, 0.3) is 0 Å². The van der Waals surface area contributed by atoms with Crippen molar-refractivity contribution >= 4 is 0 Å². The molecule has 0 spiro atoms. The number of hydrogen-bond acceptors (Lipinski definition) is 0. The average Bonchev–Trinajstić information content (AvgIpc) is 3.03. The first-order valence-corrected chi connectivity index (χ1v) is 12.4. The molecule has 0 radical (unpaired) electrons. The molecule has 2 fully saturated rings. The van der Waals surface area contributed by atoms with E-state index in [1.54, 1.807) is 11.1 Å². The lowest BCUT2D eigenvalue weighted by Crippen LogP contribution is -2.45. The minimum absolute atomic E-state index is 0.390. The average molecular weight is 393 g/mol. The quantitative estimate of drug-likeness (QED) is 0.420. The third-order valence-electron chi connectivity index (χ3n) is 9.91. The molecule has 0 nitrogen and oxygen atoms in total. The van der Waals surface area contributed by atoms with Crippen LogP contribution in [0.15, 0.2) is 47.1 Å². The standard InChI is InChI=1S/C29H44/c1-19(2)21(4)8-9-22(5)25-12-13-26-24-11-10-23-18-20(3)14-16-28(23,6)27(24)15-17-29(25,26)7/h8-11,18-19,21-22,25-27H,12-17H2,1-7H3/b9-8+/t21-,22+,25+,26?,27?,28-,29+/m0/s1. The lowest BCUT2D eigenvalue weighted by molar-refractivity contribution is 0.0629. The van der Waals surface area contributed by atoms with Crippen LogP contribution in [0.5, 0.6) is 0 Å². The monoisotopic (exact) mass is 392 g/mol. The first-order chi connectivity index (χ1) is 13.7. The maximum Gasteiger partial charge on any atom is -0.000665 e. The van der Waals surface area contributed by atoms with Crippen LogP contribution >= 0.6 is 0 Å². The molecular weight excluding hydrogens is 348 g/mol. The second-order valence-electron chi connectivity index (χ2n) is 11.9. The van der Waals surface area contributed by atoms with Crippen LogP contribution in [0.1, 0.15) is 87.0 Å². The Hall–Kier alpha value is -1.04. The normalized spacial score (nSPS) is 41.2. The van der Waals surface area contributed by atoms with Crippen LogP contribution in [0.3, 0.4) is 0 Å². The number of allylic oxidation sites excluding steroid dienone is 8. The maximum absolute atomic E-state index is 2.65. The molecule has 4 aliphatic rings. The zero-order valence-electron chi connectivity index (χ0n) is 20.1. The van der Waals surface area contributed by atoms with Gasteiger partial charge in [0.1, 0.15) is 0 Å². The van der Waals surface area contributed by atoms with E-state index < -0.39 is 0 Å². The fourth-order valence-corrected chi connectivity index (χ4v) is 7.43. The zero-order chi connectivity index (χ0) is 21.0. The summed E-state index contributed by atoms with van der Waals surface area (Å²) in [6, 6.07) is 0. The molecule has 4 rings (SSSR count). The molecule has 0 aromatic rings. The first-order valence-electron chi connectivity index (χ1n) is 12.4. The molecule has 0 saturated heterocycles. The van der Waals surface area contributed by atoms with Gasteiger partial charge in [-0.05, 0) is 97.4 Å². The van der Waals surface area contributed by atoms with Crippen molar-refractivity contribution in [2.75, 3.05) is 0 Å². The lowest BCUT2D eigenvalue weighted by atomic mass is 9.50. The van der Waals surface area contributed by atoms with Crippen molar-refractivity contribution in [2.24, 2.45) is 46.3 Å². The lowest BCUT2D eigenvalue weighted by Gasteiger charge is -2.54. The fourth-order valence-electron chi connectivity index (χ4n) is 7.43. The Kier molecular flexibility index (Phi) is 5.54. The molecule has 0 bridgehead atoms. The van der Waals surface area contributed by atoms with E-state index in [1.807, 2.05) is 5.57 Å². The Morgan fingerprint density at radius 3 is 2.41 bits per heavy atom. The van der Waals surface area contributed by atoms with E-state index in [-0.39, 0.29) is 0 Å². The SMILES string of the molecule is CC1=CC2=CC=C3C(CC[C@@]4(C)C3CC[C@@H]4[C@H](C)/C=C/[C@H](C)C(C)C)[C@@]2(C)CC1. The molecule has 29 heavy (non-hydrogen) atoms. The van der Waals surface area contributed by atoms with E-state index >= 15 is 0 Å². The van der Waals surface area contributed by atoms with Crippen LogP contribution in [0.4, 0.5) is 0 Å². The Labute approximate surface area is 180 Å². The van der Waals surface area contributed by atoms with Crippen LogP contribution in [-0.4, -0.2) is 0 Å². The van der Waals surface area contributed by atoms with Crippen LogP contribution in [-0.2, 0) is 0 Å². The number of fused-ring (bicyclic) bond motifs is 5. The molecule has 0 heterocycles. The van der Waals surface area contributed by atoms with Gasteiger partial charge in [0.15, 0.2) is 0 Å². The minimum atomic E-state index is 0.390. The molecule has 2 saturated carbocycles. The van der Waals surface area contributed by atoms with Gasteiger partial charge in [-0.3, -0.25) is 0 Å². The van der Waals surface area contributed by atoms with Gasteiger partial charge >= 0.3 is 0 Å². The Morgan fingerprint density at radius 2 is 1.69 bits per heavy atom. The second-order valence-corrected chi connectivity index (χ2v) is 11.9. The smallest absolute Gasteiger partial charge is 0.000665 e. The van der Waals surface area contributed by atoms with Gasteiger partial charge in [-0.15, -0.1) is 0 Å². The van der Waals surface area contributed by atoms with Crippen molar-refractivity contribution in [3.05, 3.63) is 47.1 Å². The highest BCUT2D eigenvalue weighted by atomic mass is 14.6. The van der Waals surface area contributed by atoms with Gasteiger partial charge in [0.2, 0.25) is 0 Å². The number of hydrogen-bond donors (Lipinski definition) is 0. The first kappa shape index (κ1) is 21.2. The van der Waals surface area contributed by atoms with Gasteiger partial charge in [0.05, 0.1) is 0 Å². The van der Waals surface area contributed by atoms with Crippen LogP contribution in [0.2, 0.25) is 0 Å². The predicted molar refractivity (Wildman–Crippen MR) is 127 cm³/mol. The Bertz CT molecular complexity index is 759. The van der Waals surface area contributed by atoms with Gasteiger partial charge in [-0.1, -0.05) is 83.1 Å². The molecule has 4 aliphatic carbocycles. The van der Waals surface area contributed by atoms with E-state index in [9.17, 15) is 0 Å². The molecular formula is C29H44. The van der Waals surface area contributed by atoms with E-state index in [1.165, 1.54) is 38.5 Å². The molecule has 0 aromatic heterocycles. The second kappa shape index (κ2) is 7.58. The molecule has 160 valence electrons. The van der Waals surface area contributed by atoms with Gasteiger partial charge in [0, 0.05) is 0 Å². The molecule has 0 N–H and O–H groups in total. The van der Waals surface area contributed by atoms with Gasteiger partial charge < -0.3 is 0 Å². The van der Waals surface area contributed by atoms with Crippen LogP contribution in [0.25, 0.3) is 0 Å². The summed E-state index contributed by atoms with van der Waals surface area (Å²) in [6.45, 7) is 17.1. The highest BCUT2D eigenvalue weighted by Crippen LogP contribution is 2.65. The highest BCUT2D eigenvalue weighted by molar-refractivity contribution is 5.44. The van der Waals surface area contributed by atoms with E-state index in [0.29, 0.717) is 22.7 Å². The van der Waals surface area contributed by atoms with Crippen molar-refractivity contribution in [1.82, 2.24) is 0 Å². The van der Waals surface area contributed by atoms with Gasteiger partial charge in [-0.25, -0.2) is 0 Å². The third-order valence-corrected chi connectivity index (χ3v) is 9.91. The van der Waals surface area contributed by atoms with E-state index in [0.717, 1.165) is 23.7 Å². The molecule has 0 amide bonds. The number of rotatable bonds is 4. The zero-order valence-corrected chi connectivity index (χ0v) is 20.1. The highest BCUT2D eigenvalue weighted by Gasteiger charge is 2.56. The molecule has 0 aliphatic heterocycles. The van der Waals surface area contributed by atoms with E-state index in [4.69, 9.17) is 0 Å². The third kappa shape index (κ3) is 3.43. The van der Waals surface area contributed by atoms with Crippen molar-refractivity contribution < 1.29 is 0 Å². The molecule has 0 heteroatoms. The topological polar surface area (TPSA) is 0 Å². The van der Waals surface area contributed by atoms with Gasteiger partial charge in [-0.2, -0.15) is 0 Å². The molecule has 2 unspecified atom stereocenters. The predicted octanol–water partition coefficient (Wildman–Crippen LogP) is 8.53. The summed E-state index contributed by atoms with van der Waals surface area (Å²) in [4.78, 5) is 0. The summed E-state index contributed by atoms with van der Waals surface area (Å²) < 4.78 is 0. The maximum atomic E-state index is 2.65. The molecule has 7 atom stereocenters. The summed E-state index contributed by atoms with van der Waals surface area (Å²) >= 11 is 0. The largest absolute Gasteiger partial charge is 0.0852 e.